The molecule has 2 atom stereocenters. The molecule has 2 amide bonds. The largest absolute Gasteiger partial charge is 0.346 e. The van der Waals surface area contributed by atoms with E-state index in [0.717, 1.165) is 30.4 Å². The van der Waals surface area contributed by atoms with Crippen LogP contribution in [-0.4, -0.2) is 70.2 Å². The van der Waals surface area contributed by atoms with Crippen LogP contribution in [0.25, 0.3) is 0 Å². The maximum absolute atomic E-state index is 12.3. The molecule has 1 aliphatic heterocycles. The second kappa shape index (κ2) is 12.2. The number of hydrogen-bond acceptors (Lipinski definition) is 4. The van der Waals surface area contributed by atoms with Crippen LogP contribution < -0.4 is 10.6 Å². The lowest BCUT2D eigenvalue weighted by atomic mass is 10.00. The van der Waals surface area contributed by atoms with Crippen molar-refractivity contribution < 1.29 is 13.8 Å². The van der Waals surface area contributed by atoms with Gasteiger partial charge in [-0.15, -0.1) is 6.42 Å². The van der Waals surface area contributed by atoms with Gasteiger partial charge in [-0.1, -0.05) is 34.0 Å². The second-order valence-electron chi connectivity index (χ2n) is 7.25. The molecule has 0 aliphatic carbocycles. The third-order valence-corrected chi connectivity index (χ3v) is 6.83. The van der Waals surface area contributed by atoms with E-state index in [4.69, 9.17) is 6.42 Å². The highest BCUT2D eigenvalue weighted by Crippen LogP contribution is 2.27. The maximum atomic E-state index is 12.3. The molecule has 2 unspecified atom stereocenters. The lowest BCUT2D eigenvalue weighted by molar-refractivity contribution is -0.126. The lowest BCUT2D eigenvalue weighted by Crippen LogP contribution is -2.49. The Balaban J connectivity index is 1.86. The molecule has 1 aromatic rings. The van der Waals surface area contributed by atoms with E-state index in [-0.39, 0.29) is 43.5 Å². The zero-order valence-electron chi connectivity index (χ0n) is 17.4. The van der Waals surface area contributed by atoms with Gasteiger partial charge in [-0.3, -0.25) is 14.5 Å². The van der Waals surface area contributed by atoms with Crippen LogP contribution in [0.1, 0.15) is 31.4 Å². The Morgan fingerprint density at radius 3 is 2.63 bits per heavy atom. The molecule has 1 fully saturated rings. The standard InChI is InChI=1S/C21H29BrN4O3S/c1-4-10-23-20(27)14-24-21(28)15-26(30(3)29)19-8-11-25(12-9-19)16(2)17-6-5-7-18(22)13-17/h1,5-7,13,16,19H,8-12,14-15H2,2-3H3,(H,23,27)(H,24,28). The van der Waals surface area contributed by atoms with Crippen LogP contribution in [0.15, 0.2) is 28.7 Å². The number of nitrogens with one attached hydrogen (secondary N) is 2. The van der Waals surface area contributed by atoms with Crippen molar-refractivity contribution in [2.45, 2.75) is 31.8 Å². The summed E-state index contributed by atoms with van der Waals surface area (Å²) in [5, 5.41) is 5.05. The molecule has 2 rings (SSSR count). The predicted octanol–water partition coefficient (Wildman–Crippen LogP) is 1.44. The van der Waals surface area contributed by atoms with Crippen LogP contribution in [0.2, 0.25) is 0 Å². The van der Waals surface area contributed by atoms with Crippen LogP contribution in [0.5, 0.6) is 0 Å². The lowest BCUT2D eigenvalue weighted by Gasteiger charge is -2.39. The quantitative estimate of drug-likeness (QED) is 0.506. The van der Waals surface area contributed by atoms with E-state index in [1.165, 1.54) is 5.56 Å². The van der Waals surface area contributed by atoms with E-state index >= 15 is 0 Å². The van der Waals surface area contributed by atoms with E-state index in [1.807, 2.05) is 12.1 Å². The van der Waals surface area contributed by atoms with Crippen LogP contribution in [0.4, 0.5) is 0 Å². The molecule has 0 spiro atoms. The summed E-state index contributed by atoms with van der Waals surface area (Å²) in [6.07, 6.45) is 8.33. The van der Waals surface area contributed by atoms with Crippen molar-refractivity contribution in [2.24, 2.45) is 0 Å². The first-order valence-corrected chi connectivity index (χ1v) is 12.2. The van der Waals surface area contributed by atoms with Crippen LogP contribution in [-0.2, 0) is 20.6 Å². The summed E-state index contributed by atoms with van der Waals surface area (Å²) in [7, 11) is -1.28. The molecule has 30 heavy (non-hydrogen) atoms. The summed E-state index contributed by atoms with van der Waals surface area (Å²) in [5.41, 5.74) is 1.25. The van der Waals surface area contributed by atoms with Crippen molar-refractivity contribution in [3.63, 3.8) is 0 Å². The third kappa shape index (κ3) is 7.51. The Bertz CT molecular complexity index is 806. The topological polar surface area (TPSA) is 81.8 Å². The predicted molar refractivity (Wildman–Crippen MR) is 123 cm³/mol. The van der Waals surface area contributed by atoms with Gasteiger partial charge in [0.15, 0.2) is 0 Å². The highest BCUT2D eigenvalue weighted by molar-refractivity contribution is 9.10. The summed E-state index contributed by atoms with van der Waals surface area (Å²) in [6.45, 7) is 3.89. The Morgan fingerprint density at radius 2 is 2.03 bits per heavy atom. The Kier molecular flexibility index (Phi) is 9.98. The molecule has 1 aliphatic rings. The number of halogens is 1. The zero-order valence-corrected chi connectivity index (χ0v) is 19.8. The van der Waals surface area contributed by atoms with Gasteiger partial charge in [0, 0.05) is 35.9 Å². The number of nitrogens with zero attached hydrogens (tertiary/aromatic N) is 2. The molecule has 0 saturated carbocycles. The zero-order chi connectivity index (χ0) is 22.1. The van der Waals surface area contributed by atoms with Gasteiger partial charge in [-0.2, -0.15) is 0 Å². The van der Waals surface area contributed by atoms with Crippen LogP contribution in [0.3, 0.4) is 0 Å². The van der Waals surface area contributed by atoms with Crippen LogP contribution in [0, 0.1) is 12.3 Å². The molecule has 9 heteroatoms. The summed E-state index contributed by atoms with van der Waals surface area (Å²) in [6, 6.07) is 8.65. The number of carbonyl (C=O) groups is 2. The molecule has 1 aromatic carbocycles. The highest BCUT2D eigenvalue weighted by Gasteiger charge is 2.30. The monoisotopic (exact) mass is 496 g/mol. The third-order valence-electron chi connectivity index (χ3n) is 5.25. The first kappa shape index (κ1) is 24.5. The minimum atomic E-state index is -1.28. The van der Waals surface area contributed by atoms with E-state index in [0.29, 0.717) is 0 Å². The smallest absolute Gasteiger partial charge is 0.240 e. The molecule has 7 nitrogen and oxygen atoms in total. The first-order chi connectivity index (χ1) is 14.3. The van der Waals surface area contributed by atoms with E-state index in [2.05, 4.69) is 56.4 Å². The van der Waals surface area contributed by atoms with Gasteiger partial charge < -0.3 is 10.6 Å². The van der Waals surface area contributed by atoms with Crippen molar-refractivity contribution in [1.82, 2.24) is 19.8 Å². The van der Waals surface area contributed by atoms with Gasteiger partial charge in [0.2, 0.25) is 11.8 Å². The number of carbonyl (C=O) groups excluding carboxylic acids is 2. The SMILES string of the molecule is C#CCNC(=O)CNC(=O)CN(C1CCN(C(C)c2cccc(Br)c2)CC1)S(C)=O. The fourth-order valence-corrected chi connectivity index (χ4v) is 4.90. The minimum absolute atomic E-state index is 0.00260. The summed E-state index contributed by atoms with van der Waals surface area (Å²) >= 11 is 3.53. The molecule has 1 saturated heterocycles. The van der Waals surface area contributed by atoms with Gasteiger partial charge in [-0.05, 0) is 37.5 Å². The average Bonchev–Trinajstić information content (AvgIpc) is 2.74. The molecular weight excluding hydrogens is 468 g/mol. The number of piperidine rings is 1. The number of benzene rings is 1. The molecule has 2 N–H and O–H groups in total. The van der Waals surface area contributed by atoms with Crippen molar-refractivity contribution in [3.05, 3.63) is 34.3 Å². The van der Waals surface area contributed by atoms with Gasteiger partial charge in [0.05, 0.1) is 30.6 Å². The van der Waals surface area contributed by atoms with Gasteiger partial charge in [0.1, 0.15) is 0 Å². The van der Waals surface area contributed by atoms with E-state index < -0.39 is 11.0 Å². The first-order valence-electron chi connectivity index (χ1n) is 9.88. The number of rotatable bonds is 9. The molecule has 164 valence electrons. The fourth-order valence-electron chi connectivity index (χ4n) is 3.56. The van der Waals surface area contributed by atoms with E-state index in [1.54, 1.807) is 10.6 Å². The van der Waals surface area contributed by atoms with Gasteiger partial charge >= 0.3 is 0 Å². The van der Waals surface area contributed by atoms with Crippen molar-refractivity contribution in [2.75, 3.05) is 39.0 Å². The molecule has 1 heterocycles. The number of terminal acetylenes is 1. The fraction of sp³-hybridized carbons (Fsp3) is 0.524. The van der Waals surface area contributed by atoms with Gasteiger partial charge in [0.25, 0.3) is 0 Å². The normalized spacial score (nSPS) is 17.2. The van der Waals surface area contributed by atoms with E-state index in [9.17, 15) is 13.8 Å². The average molecular weight is 497 g/mol. The summed E-state index contributed by atoms with van der Waals surface area (Å²) < 4.78 is 15.1. The van der Waals surface area contributed by atoms with Gasteiger partial charge in [-0.25, -0.2) is 8.51 Å². The number of likely N-dealkylation sites (tertiary alicyclic amines) is 1. The van der Waals surface area contributed by atoms with Crippen LogP contribution >= 0.6 is 15.9 Å². The minimum Gasteiger partial charge on any atom is -0.346 e. The number of hydrogen-bond donors (Lipinski definition) is 2. The molecule has 0 aromatic heterocycles. The summed E-state index contributed by atoms with van der Waals surface area (Å²) in [5.74, 6) is 1.63. The molecular formula is C21H29BrN4O3S. The highest BCUT2D eigenvalue weighted by atomic mass is 79.9. The van der Waals surface area contributed by atoms with Crippen molar-refractivity contribution in [1.29, 1.82) is 0 Å². The summed E-state index contributed by atoms with van der Waals surface area (Å²) in [4.78, 5) is 26.2. The second-order valence-corrected chi connectivity index (χ2v) is 9.49. The molecule has 0 radical (unpaired) electrons. The van der Waals surface area contributed by atoms with Crippen molar-refractivity contribution >= 4 is 38.7 Å². The molecule has 0 bridgehead atoms. The van der Waals surface area contributed by atoms with Crippen molar-refractivity contribution in [3.8, 4) is 12.3 Å². The number of amides is 2. The Morgan fingerprint density at radius 1 is 1.33 bits per heavy atom. The maximum Gasteiger partial charge on any atom is 0.240 e. The Hall–Kier alpha value is -1.73. The Labute approximate surface area is 189 Å².